The fourth-order valence-corrected chi connectivity index (χ4v) is 2.81. The largest absolute Gasteiger partial charge is 0.328 e. The number of nitrogens with zero attached hydrogens (tertiary/aromatic N) is 1. The van der Waals surface area contributed by atoms with E-state index >= 15 is 0 Å². The molecular formula is C17H26N2O. The van der Waals surface area contributed by atoms with E-state index in [1.807, 2.05) is 11.0 Å². The van der Waals surface area contributed by atoms with Gasteiger partial charge in [-0.05, 0) is 24.3 Å². The zero-order valence-corrected chi connectivity index (χ0v) is 12.6. The van der Waals surface area contributed by atoms with Gasteiger partial charge in [0.1, 0.15) is 0 Å². The van der Waals surface area contributed by atoms with Gasteiger partial charge in [-0.3, -0.25) is 10.1 Å². The Balaban J connectivity index is 1.82. The molecule has 1 amide bonds. The van der Waals surface area contributed by atoms with Gasteiger partial charge in [-0.25, -0.2) is 0 Å². The lowest BCUT2D eigenvalue weighted by Gasteiger charge is -2.19. The van der Waals surface area contributed by atoms with E-state index in [-0.39, 0.29) is 11.9 Å². The van der Waals surface area contributed by atoms with Crippen molar-refractivity contribution in [2.24, 2.45) is 5.92 Å². The lowest BCUT2D eigenvalue weighted by molar-refractivity contribution is -0.129. The molecule has 0 spiro atoms. The summed E-state index contributed by atoms with van der Waals surface area (Å²) in [6, 6.07) is 10.4. The van der Waals surface area contributed by atoms with Crippen molar-refractivity contribution in [1.82, 2.24) is 10.2 Å². The molecule has 1 aromatic rings. The quantitative estimate of drug-likeness (QED) is 0.829. The van der Waals surface area contributed by atoms with Crippen molar-refractivity contribution < 1.29 is 4.79 Å². The minimum atomic E-state index is 0.0253. The van der Waals surface area contributed by atoms with Gasteiger partial charge in [0, 0.05) is 6.54 Å². The maximum atomic E-state index is 12.4. The first-order chi connectivity index (χ1) is 9.72. The Labute approximate surface area is 122 Å². The van der Waals surface area contributed by atoms with Crippen LogP contribution in [0.25, 0.3) is 0 Å². The number of hydrogen-bond donors (Lipinski definition) is 1. The van der Waals surface area contributed by atoms with Crippen molar-refractivity contribution in [3.05, 3.63) is 35.9 Å². The average molecular weight is 274 g/mol. The Kier molecular flexibility index (Phi) is 5.60. The summed E-state index contributed by atoms with van der Waals surface area (Å²) in [4.78, 5) is 14.4. The molecule has 1 fully saturated rings. The second-order valence-electron chi connectivity index (χ2n) is 5.80. The zero-order valence-electron chi connectivity index (χ0n) is 12.6. The molecule has 1 aliphatic heterocycles. The van der Waals surface area contributed by atoms with Gasteiger partial charge in [0.15, 0.2) is 0 Å². The van der Waals surface area contributed by atoms with E-state index in [0.29, 0.717) is 12.6 Å². The van der Waals surface area contributed by atoms with Crippen LogP contribution in [-0.2, 0) is 11.2 Å². The normalized spacial score (nSPS) is 20.4. The molecule has 2 rings (SSSR count). The third kappa shape index (κ3) is 3.83. The number of carbonyl (C=O) groups excluding carboxylic acids is 1. The van der Waals surface area contributed by atoms with Gasteiger partial charge < -0.3 is 4.90 Å². The molecule has 3 heteroatoms. The fraction of sp³-hybridized carbons (Fsp3) is 0.588. The molecule has 2 atom stereocenters. The number of benzene rings is 1. The first kappa shape index (κ1) is 15.0. The van der Waals surface area contributed by atoms with Gasteiger partial charge in [0.05, 0.1) is 12.7 Å². The highest BCUT2D eigenvalue weighted by molar-refractivity contribution is 5.84. The third-order valence-corrected chi connectivity index (χ3v) is 4.18. The van der Waals surface area contributed by atoms with Crippen LogP contribution in [0.4, 0.5) is 0 Å². The maximum absolute atomic E-state index is 12.4. The number of rotatable bonds is 7. The third-order valence-electron chi connectivity index (χ3n) is 4.18. The molecular weight excluding hydrogens is 248 g/mol. The van der Waals surface area contributed by atoms with Crippen LogP contribution in [0.5, 0.6) is 0 Å². The van der Waals surface area contributed by atoms with Gasteiger partial charge in [0.2, 0.25) is 5.91 Å². The van der Waals surface area contributed by atoms with Crippen molar-refractivity contribution in [2.45, 2.75) is 45.6 Å². The molecule has 0 radical (unpaired) electrons. The standard InChI is InChI=1S/C17H26N2O/c1-3-4-8-14(2)16-17(20)19(13-18-16)12-11-15-9-6-5-7-10-15/h5-7,9-10,14,16,18H,3-4,8,11-13H2,1-2H3/t14-,16?/m0/s1. The van der Waals surface area contributed by atoms with E-state index in [9.17, 15) is 4.79 Å². The van der Waals surface area contributed by atoms with Crippen LogP contribution in [0, 0.1) is 5.92 Å². The first-order valence-electron chi connectivity index (χ1n) is 7.78. The highest BCUT2D eigenvalue weighted by Crippen LogP contribution is 2.18. The van der Waals surface area contributed by atoms with Crippen LogP contribution >= 0.6 is 0 Å². The highest BCUT2D eigenvalue weighted by Gasteiger charge is 2.34. The molecule has 0 bridgehead atoms. The minimum Gasteiger partial charge on any atom is -0.328 e. The Bertz CT molecular complexity index is 418. The van der Waals surface area contributed by atoms with Crippen molar-refractivity contribution in [3.63, 3.8) is 0 Å². The molecule has 0 aromatic heterocycles. The lowest BCUT2D eigenvalue weighted by atomic mass is 9.96. The van der Waals surface area contributed by atoms with Crippen molar-refractivity contribution >= 4 is 5.91 Å². The summed E-state index contributed by atoms with van der Waals surface area (Å²) in [5, 5.41) is 3.38. The predicted octanol–water partition coefficient (Wildman–Crippen LogP) is 2.81. The van der Waals surface area contributed by atoms with Gasteiger partial charge in [0.25, 0.3) is 0 Å². The van der Waals surface area contributed by atoms with E-state index in [0.717, 1.165) is 19.4 Å². The summed E-state index contributed by atoms with van der Waals surface area (Å²) in [6.45, 7) is 5.90. The number of unbranched alkanes of at least 4 members (excludes halogenated alkanes) is 1. The van der Waals surface area contributed by atoms with Gasteiger partial charge in [-0.2, -0.15) is 0 Å². The minimum absolute atomic E-state index is 0.0253. The summed E-state index contributed by atoms with van der Waals surface area (Å²) >= 11 is 0. The van der Waals surface area contributed by atoms with Crippen LogP contribution in [0.15, 0.2) is 30.3 Å². The first-order valence-corrected chi connectivity index (χ1v) is 7.78. The van der Waals surface area contributed by atoms with Crippen molar-refractivity contribution in [2.75, 3.05) is 13.2 Å². The lowest BCUT2D eigenvalue weighted by Crippen LogP contribution is -2.36. The van der Waals surface area contributed by atoms with Gasteiger partial charge in [-0.15, -0.1) is 0 Å². The monoisotopic (exact) mass is 274 g/mol. The number of hydrogen-bond acceptors (Lipinski definition) is 2. The molecule has 20 heavy (non-hydrogen) atoms. The summed E-state index contributed by atoms with van der Waals surface area (Å²) in [6.07, 6.45) is 4.47. The predicted molar refractivity (Wildman–Crippen MR) is 82.3 cm³/mol. The van der Waals surface area contributed by atoms with Crippen molar-refractivity contribution in [1.29, 1.82) is 0 Å². The topological polar surface area (TPSA) is 32.3 Å². The second kappa shape index (κ2) is 7.44. The number of carbonyl (C=O) groups is 1. The molecule has 1 unspecified atom stereocenters. The zero-order chi connectivity index (χ0) is 14.4. The Morgan fingerprint density at radius 3 is 2.80 bits per heavy atom. The Hall–Kier alpha value is -1.35. The molecule has 1 saturated heterocycles. The van der Waals surface area contributed by atoms with Crippen LogP contribution in [-0.4, -0.2) is 30.1 Å². The molecule has 1 aromatic carbocycles. The van der Waals surface area contributed by atoms with E-state index in [4.69, 9.17) is 0 Å². The van der Waals surface area contributed by atoms with Gasteiger partial charge >= 0.3 is 0 Å². The summed E-state index contributed by atoms with van der Waals surface area (Å²) in [5.41, 5.74) is 1.29. The number of nitrogens with one attached hydrogen (secondary N) is 1. The van der Waals surface area contributed by atoms with Crippen LogP contribution in [0.1, 0.15) is 38.7 Å². The summed E-state index contributed by atoms with van der Waals surface area (Å²) < 4.78 is 0. The summed E-state index contributed by atoms with van der Waals surface area (Å²) in [7, 11) is 0. The van der Waals surface area contributed by atoms with Crippen molar-refractivity contribution in [3.8, 4) is 0 Å². The fourth-order valence-electron chi connectivity index (χ4n) is 2.81. The maximum Gasteiger partial charge on any atom is 0.241 e. The molecule has 3 nitrogen and oxygen atoms in total. The molecule has 0 saturated carbocycles. The van der Waals surface area contributed by atoms with E-state index in [1.54, 1.807) is 0 Å². The molecule has 1 N–H and O–H groups in total. The highest BCUT2D eigenvalue weighted by atomic mass is 16.2. The molecule has 110 valence electrons. The van der Waals surface area contributed by atoms with E-state index < -0.39 is 0 Å². The van der Waals surface area contributed by atoms with E-state index in [1.165, 1.54) is 18.4 Å². The number of amides is 1. The summed E-state index contributed by atoms with van der Waals surface area (Å²) in [5.74, 6) is 0.716. The van der Waals surface area contributed by atoms with E-state index in [2.05, 4.69) is 43.4 Å². The Morgan fingerprint density at radius 2 is 2.10 bits per heavy atom. The molecule has 0 aliphatic carbocycles. The Morgan fingerprint density at radius 1 is 1.35 bits per heavy atom. The second-order valence-corrected chi connectivity index (χ2v) is 5.80. The van der Waals surface area contributed by atoms with Crippen LogP contribution < -0.4 is 5.32 Å². The van der Waals surface area contributed by atoms with Crippen LogP contribution in [0.2, 0.25) is 0 Å². The molecule has 1 heterocycles. The van der Waals surface area contributed by atoms with Gasteiger partial charge in [-0.1, -0.05) is 57.0 Å². The SMILES string of the molecule is CCCC[C@H](C)C1NCN(CCc2ccccc2)C1=O. The smallest absolute Gasteiger partial charge is 0.241 e. The van der Waals surface area contributed by atoms with Crippen LogP contribution in [0.3, 0.4) is 0 Å². The molecule has 1 aliphatic rings. The average Bonchev–Trinajstić information content (AvgIpc) is 2.85.